The first-order chi connectivity index (χ1) is 19.3. The first-order valence-corrected chi connectivity index (χ1v) is 11.6. The van der Waals surface area contributed by atoms with Gasteiger partial charge in [0.2, 0.25) is 0 Å². The molecule has 0 aromatic heterocycles. The molecule has 0 fully saturated rings. The molecule has 4 rings (SSSR count). The standard InChI is InChI=1S/C27H19F6N4O4/c1-11-23(26(38)35-21-9-17(30)15(28)7-19(21)32)25(13-3-5-14(6-4-13)37(40)41)24(12(2)34-11)27(39)36-22-10-18(31)16(29)8-20(22)33/h3-10,25,34,40H,1-2H3,(H,35,38)(H,36,39)/q-1. The molecule has 4 N–H and O–H groups in total. The summed E-state index contributed by atoms with van der Waals surface area (Å²) in [6, 6.07) is 6.17. The zero-order valence-corrected chi connectivity index (χ0v) is 21.1. The molecule has 0 bridgehead atoms. The molecular formula is C27H19F6N4O4-. The monoisotopic (exact) mass is 577 g/mol. The molecule has 1 heterocycles. The maximum Gasteiger partial charge on any atom is 0.254 e. The van der Waals surface area contributed by atoms with Gasteiger partial charge in [0.15, 0.2) is 23.3 Å². The van der Waals surface area contributed by atoms with Gasteiger partial charge in [0.25, 0.3) is 11.8 Å². The Kier molecular flexibility index (Phi) is 8.07. The minimum Gasteiger partial charge on any atom is -0.733 e. The van der Waals surface area contributed by atoms with Crippen molar-refractivity contribution in [3.8, 4) is 0 Å². The summed E-state index contributed by atoms with van der Waals surface area (Å²) in [5.74, 6) is -11.9. The van der Waals surface area contributed by atoms with Crippen LogP contribution in [0.2, 0.25) is 0 Å². The first kappa shape index (κ1) is 29.2. The van der Waals surface area contributed by atoms with E-state index in [1.807, 2.05) is 0 Å². The van der Waals surface area contributed by atoms with Gasteiger partial charge in [0.05, 0.1) is 17.1 Å². The van der Waals surface area contributed by atoms with Crippen molar-refractivity contribution in [3.05, 3.63) is 117 Å². The highest BCUT2D eigenvalue weighted by molar-refractivity contribution is 6.12. The number of hydrogen-bond donors (Lipinski definition) is 4. The Balaban J connectivity index is 1.80. The molecule has 0 saturated carbocycles. The van der Waals surface area contributed by atoms with E-state index in [4.69, 9.17) is 0 Å². The molecule has 3 aromatic carbocycles. The molecule has 214 valence electrons. The van der Waals surface area contributed by atoms with Crippen LogP contribution in [-0.2, 0) is 9.59 Å². The van der Waals surface area contributed by atoms with Crippen LogP contribution in [-0.4, -0.2) is 17.0 Å². The number of carbonyl (C=O) groups excluding carboxylic acids is 2. The maximum atomic E-state index is 14.3. The van der Waals surface area contributed by atoms with Crippen LogP contribution in [0, 0.1) is 40.1 Å². The van der Waals surface area contributed by atoms with Crippen LogP contribution < -0.4 is 21.2 Å². The molecule has 0 spiro atoms. The molecule has 0 unspecified atom stereocenters. The van der Waals surface area contributed by atoms with Gasteiger partial charge >= 0.3 is 0 Å². The number of allylic oxidation sites excluding steroid dienone is 2. The van der Waals surface area contributed by atoms with Gasteiger partial charge in [-0.05, 0) is 31.5 Å². The van der Waals surface area contributed by atoms with E-state index in [9.17, 15) is 46.3 Å². The minimum absolute atomic E-state index is 0.139. The largest absolute Gasteiger partial charge is 0.733 e. The number of rotatable bonds is 6. The SMILES string of the molecule is CC1=C(C(=O)Nc2cc(F)c(F)cc2F)C(c2ccc(N([O-])O)cc2)C(C(=O)Nc2cc(F)c(F)cc2F)=C(C)N1. The number of nitrogens with one attached hydrogen (secondary N) is 3. The van der Waals surface area contributed by atoms with Gasteiger partial charge < -0.3 is 26.4 Å². The first-order valence-electron chi connectivity index (χ1n) is 11.6. The van der Waals surface area contributed by atoms with Crippen LogP contribution in [0.1, 0.15) is 25.3 Å². The molecule has 3 aromatic rings. The number of dihydropyridines is 1. The summed E-state index contributed by atoms with van der Waals surface area (Å²) in [5.41, 5.74) is -1.66. The van der Waals surface area contributed by atoms with Gasteiger partial charge in [0.1, 0.15) is 11.6 Å². The van der Waals surface area contributed by atoms with Gasteiger partial charge in [-0.2, -0.15) is 0 Å². The number of halogens is 6. The minimum atomic E-state index is -1.49. The van der Waals surface area contributed by atoms with Crippen LogP contribution >= 0.6 is 0 Å². The molecule has 1 aliphatic heterocycles. The summed E-state index contributed by atoms with van der Waals surface area (Å²) in [6.07, 6.45) is 0. The Morgan fingerprint density at radius 2 is 1.12 bits per heavy atom. The topological polar surface area (TPSA) is 117 Å². The normalized spacial score (nSPS) is 13.7. The highest BCUT2D eigenvalue weighted by atomic mass is 19.2. The molecular weight excluding hydrogens is 558 g/mol. The number of hydrogen-bond acceptors (Lipinski definition) is 6. The summed E-state index contributed by atoms with van der Waals surface area (Å²) in [5, 5.41) is 27.1. The van der Waals surface area contributed by atoms with E-state index in [2.05, 4.69) is 16.0 Å². The third-order valence-corrected chi connectivity index (χ3v) is 6.21. The van der Waals surface area contributed by atoms with Crippen molar-refractivity contribution in [3.63, 3.8) is 0 Å². The van der Waals surface area contributed by atoms with Crippen molar-refractivity contribution in [1.29, 1.82) is 0 Å². The lowest BCUT2D eigenvalue weighted by atomic mass is 9.79. The van der Waals surface area contributed by atoms with E-state index < -0.39 is 69.2 Å². The van der Waals surface area contributed by atoms with Crippen molar-refractivity contribution >= 4 is 28.9 Å². The molecule has 8 nitrogen and oxygen atoms in total. The lowest BCUT2D eigenvalue weighted by Crippen LogP contribution is -2.35. The Hall–Kier alpha value is -4.82. The number of nitrogens with zero attached hydrogens (tertiary/aromatic N) is 1. The Morgan fingerprint density at radius 1 is 0.732 bits per heavy atom. The van der Waals surface area contributed by atoms with Crippen LogP contribution in [0.5, 0.6) is 0 Å². The van der Waals surface area contributed by atoms with E-state index >= 15 is 0 Å². The summed E-state index contributed by atoms with van der Waals surface area (Å²) in [4.78, 5) is 26.9. The molecule has 0 atom stereocenters. The Morgan fingerprint density at radius 3 is 1.51 bits per heavy atom. The third kappa shape index (κ3) is 5.88. The second-order valence-electron chi connectivity index (χ2n) is 8.90. The third-order valence-electron chi connectivity index (χ3n) is 6.21. The predicted molar refractivity (Wildman–Crippen MR) is 135 cm³/mol. The molecule has 2 amide bonds. The fourth-order valence-electron chi connectivity index (χ4n) is 4.34. The number of benzene rings is 3. The fraction of sp³-hybridized carbons (Fsp3) is 0.111. The fourth-order valence-corrected chi connectivity index (χ4v) is 4.34. The van der Waals surface area contributed by atoms with E-state index in [1.54, 1.807) is 0 Å². The average Bonchev–Trinajstić information content (AvgIpc) is 2.89. The summed E-state index contributed by atoms with van der Waals surface area (Å²) in [6.45, 7) is 2.86. The Bertz CT molecular complexity index is 1530. The smallest absolute Gasteiger partial charge is 0.254 e. The molecule has 1 aliphatic rings. The van der Waals surface area contributed by atoms with E-state index in [-0.39, 0.29) is 45.9 Å². The molecule has 0 saturated heterocycles. The van der Waals surface area contributed by atoms with Gasteiger partial charge in [-0.15, -0.1) is 0 Å². The van der Waals surface area contributed by atoms with Gasteiger partial charge in [-0.25, -0.2) is 26.3 Å². The highest BCUT2D eigenvalue weighted by Crippen LogP contribution is 2.40. The molecule has 14 heteroatoms. The van der Waals surface area contributed by atoms with Crippen molar-refractivity contribution in [1.82, 2.24) is 5.32 Å². The molecule has 41 heavy (non-hydrogen) atoms. The zero-order chi connectivity index (χ0) is 30.2. The zero-order valence-electron chi connectivity index (χ0n) is 21.1. The number of carbonyl (C=O) groups is 2. The van der Waals surface area contributed by atoms with Crippen LogP contribution in [0.3, 0.4) is 0 Å². The molecule has 0 aliphatic carbocycles. The quantitative estimate of drug-likeness (QED) is 0.169. The van der Waals surface area contributed by atoms with Gasteiger partial charge in [-0.3, -0.25) is 14.8 Å². The summed E-state index contributed by atoms with van der Waals surface area (Å²) in [7, 11) is 0. The second-order valence-corrected chi connectivity index (χ2v) is 8.90. The number of anilines is 3. The highest BCUT2D eigenvalue weighted by Gasteiger charge is 2.37. The van der Waals surface area contributed by atoms with Crippen molar-refractivity contribution in [2.24, 2.45) is 0 Å². The van der Waals surface area contributed by atoms with Gasteiger partial charge in [0, 0.05) is 52.7 Å². The summed E-state index contributed by atoms with van der Waals surface area (Å²) < 4.78 is 83.0. The predicted octanol–water partition coefficient (Wildman–Crippen LogP) is 5.73. The lowest BCUT2D eigenvalue weighted by molar-refractivity contribution is -0.113. The van der Waals surface area contributed by atoms with Crippen molar-refractivity contribution in [2.75, 3.05) is 15.9 Å². The Labute approximate surface area is 228 Å². The van der Waals surface area contributed by atoms with Crippen LogP contribution in [0.4, 0.5) is 43.4 Å². The van der Waals surface area contributed by atoms with Crippen LogP contribution in [0.25, 0.3) is 0 Å². The van der Waals surface area contributed by atoms with Crippen molar-refractivity contribution in [2.45, 2.75) is 19.8 Å². The average molecular weight is 577 g/mol. The maximum absolute atomic E-state index is 14.3. The van der Waals surface area contributed by atoms with E-state index in [0.29, 0.717) is 12.1 Å². The number of amides is 2. The van der Waals surface area contributed by atoms with E-state index in [0.717, 1.165) is 12.1 Å². The molecule has 0 radical (unpaired) electrons. The van der Waals surface area contributed by atoms with Crippen molar-refractivity contribution < 1.29 is 41.1 Å². The second kappa shape index (κ2) is 11.3. The van der Waals surface area contributed by atoms with Gasteiger partial charge in [-0.1, -0.05) is 12.1 Å². The van der Waals surface area contributed by atoms with Crippen LogP contribution in [0.15, 0.2) is 71.1 Å². The van der Waals surface area contributed by atoms with E-state index in [1.165, 1.54) is 26.0 Å². The lowest BCUT2D eigenvalue weighted by Gasteiger charge is -2.32. The summed E-state index contributed by atoms with van der Waals surface area (Å²) >= 11 is 0.